The van der Waals surface area contributed by atoms with Crippen molar-refractivity contribution in [3.63, 3.8) is 0 Å². The highest BCUT2D eigenvalue weighted by Crippen LogP contribution is 2.23. The van der Waals surface area contributed by atoms with Gasteiger partial charge in [-0.3, -0.25) is 14.9 Å². The molecule has 1 aromatic heterocycles. The Morgan fingerprint density at radius 2 is 1.89 bits per heavy atom. The van der Waals surface area contributed by atoms with Gasteiger partial charge in [0, 0.05) is 62.7 Å². The minimum atomic E-state index is 0. The summed E-state index contributed by atoms with van der Waals surface area (Å²) in [5.41, 5.74) is 2.61. The van der Waals surface area contributed by atoms with E-state index in [4.69, 9.17) is 0 Å². The molecule has 0 amide bonds. The van der Waals surface area contributed by atoms with Gasteiger partial charge in [-0.15, -0.1) is 24.0 Å². The van der Waals surface area contributed by atoms with Crippen molar-refractivity contribution < 1.29 is 0 Å². The average molecular weight is 558 g/mol. The second-order valence-corrected chi connectivity index (χ2v) is 7.75. The summed E-state index contributed by atoms with van der Waals surface area (Å²) in [6.07, 6.45) is 4.69. The van der Waals surface area contributed by atoms with Gasteiger partial charge in [0.1, 0.15) is 0 Å². The van der Waals surface area contributed by atoms with E-state index in [0.29, 0.717) is 6.04 Å². The molecule has 0 radical (unpaired) electrons. The van der Waals surface area contributed by atoms with Gasteiger partial charge in [-0.05, 0) is 42.7 Å². The minimum absolute atomic E-state index is 0. The monoisotopic (exact) mass is 557 g/mol. The lowest BCUT2D eigenvalue weighted by atomic mass is 10.1. The van der Waals surface area contributed by atoms with E-state index in [-0.39, 0.29) is 24.0 Å². The number of piperazine rings is 1. The lowest BCUT2D eigenvalue weighted by Gasteiger charge is -2.39. The number of guanidine groups is 1. The number of halogens is 2. The second-order valence-electron chi connectivity index (χ2n) is 6.84. The van der Waals surface area contributed by atoms with Crippen LogP contribution in [-0.4, -0.2) is 60.5 Å². The summed E-state index contributed by atoms with van der Waals surface area (Å²) >= 11 is 3.51. The molecular formula is C21H29BrIN5. The van der Waals surface area contributed by atoms with Crippen molar-refractivity contribution >= 4 is 45.9 Å². The van der Waals surface area contributed by atoms with Crippen LogP contribution in [-0.2, 0) is 6.42 Å². The van der Waals surface area contributed by atoms with Crippen LogP contribution in [0.1, 0.15) is 24.1 Å². The van der Waals surface area contributed by atoms with Gasteiger partial charge in [-0.1, -0.05) is 34.1 Å². The number of aliphatic imine (C=N–C) groups is 1. The molecule has 1 aliphatic rings. The van der Waals surface area contributed by atoms with E-state index < -0.39 is 0 Å². The van der Waals surface area contributed by atoms with Crippen LogP contribution in [0.5, 0.6) is 0 Å². The van der Waals surface area contributed by atoms with E-state index in [9.17, 15) is 0 Å². The van der Waals surface area contributed by atoms with Crippen LogP contribution < -0.4 is 5.32 Å². The molecule has 1 saturated heterocycles. The Labute approximate surface area is 193 Å². The summed E-state index contributed by atoms with van der Waals surface area (Å²) in [6.45, 7) is 7.23. The van der Waals surface area contributed by atoms with Gasteiger partial charge >= 0.3 is 0 Å². The predicted molar refractivity (Wildman–Crippen MR) is 130 cm³/mol. The summed E-state index contributed by atoms with van der Waals surface area (Å²) in [4.78, 5) is 13.5. The van der Waals surface area contributed by atoms with Crippen molar-refractivity contribution in [1.82, 2.24) is 20.1 Å². The van der Waals surface area contributed by atoms with Gasteiger partial charge in [0.2, 0.25) is 0 Å². The standard InChI is InChI=1S/C21H28BrN5.HI/c1-17(19-5-7-20(22)8-6-19)26-12-14-27(15-13-26)21(23-2)25-11-9-18-4-3-10-24-16-18;/h3-8,10,16-17H,9,11-15H2,1-2H3,(H,23,25);1H. The van der Waals surface area contributed by atoms with Gasteiger partial charge in [-0.2, -0.15) is 0 Å². The van der Waals surface area contributed by atoms with Gasteiger partial charge in [-0.25, -0.2) is 0 Å². The van der Waals surface area contributed by atoms with Gasteiger partial charge in [0.05, 0.1) is 0 Å². The van der Waals surface area contributed by atoms with Crippen molar-refractivity contribution in [2.45, 2.75) is 19.4 Å². The summed E-state index contributed by atoms with van der Waals surface area (Å²) in [5, 5.41) is 3.49. The molecule has 1 unspecified atom stereocenters. The van der Waals surface area contributed by atoms with E-state index >= 15 is 0 Å². The van der Waals surface area contributed by atoms with Crippen molar-refractivity contribution in [1.29, 1.82) is 0 Å². The zero-order valence-corrected chi connectivity index (χ0v) is 20.4. The third-order valence-corrected chi connectivity index (χ3v) is 5.67. The molecule has 1 fully saturated rings. The Hall–Kier alpha value is -1.19. The third-order valence-electron chi connectivity index (χ3n) is 5.15. The second kappa shape index (κ2) is 11.7. The van der Waals surface area contributed by atoms with E-state index in [1.807, 2.05) is 25.5 Å². The Bertz CT molecular complexity index is 730. The van der Waals surface area contributed by atoms with E-state index in [1.54, 1.807) is 0 Å². The SMILES string of the molecule is CN=C(NCCc1cccnc1)N1CCN(C(C)c2ccc(Br)cc2)CC1.I. The summed E-state index contributed by atoms with van der Waals surface area (Å²) in [6, 6.07) is 13.2. The first-order valence-corrected chi connectivity index (χ1v) is 10.3. The molecule has 2 aromatic rings. The van der Waals surface area contributed by atoms with Crippen LogP contribution in [0.3, 0.4) is 0 Å². The van der Waals surface area contributed by atoms with Crippen LogP contribution in [0.2, 0.25) is 0 Å². The number of rotatable bonds is 5. The number of hydrogen-bond donors (Lipinski definition) is 1. The molecular weight excluding hydrogens is 529 g/mol. The van der Waals surface area contributed by atoms with Crippen LogP contribution in [0.25, 0.3) is 0 Å². The Morgan fingerprint density at radius 1 is 1.18 bits per heavy atom. The normalized spacial score (nSPS) is 16.4. The molecule has 152 valence electrons. The summed E-state index contributed by atoms with van der Waals surface area (Å²) in [5.74, 6) is 0.995. The number of hydrogen-bond acceptors (Lipinski definition) is 3. The quantitative estimate of drug-likeness (QED) is 0.343. The fraction of sp³-hybridized carbons (Fsp3) is 0.429. The maximum absolute atomic E-state index is 4.47. The molecule has 1 N–H and O–H groups in total. The Morgan fingerprint density at radius 3 is 2.50 bits per heavy atom. The number of aromatic nitrogens is 1. The predicted octanol–water partition coefficient (Wildman–Crippen LogP) is 3.96. The zero-order chi connectivity index (χ0) is 19.1. The topological polar surface area (TPSA) is 43.8 Å². The number of nitrogens with zero attached hydrogens (tertiary/aromatic N) is 4. The van der Waals surface area contributed by atoms with E-state index in [0.717, 1.165) is 49.6 Å². The van der Waals surface area contributed by atoms with Crippen molar-refractivity contribution in [2.75, 3.05) is 39.8 Å². The number of pyridine rings is 1. The van der Waals surface area contributed by atoms with Crippen LogP contribution >= 0.6 is 39.9 Å². The molecule has 0 aliphatic carbocycles. The van der Waals surface area contributed by atoms with E-state index in [1.165, 1.54) is 11.1 Å². The molecule has 5 nitrogen and oxygen atoms in total. The highest BCUT2D eigenvalue weighted by atomic mass is 127. The molecule has 3 rings (SSSR count). The van der Waals surface area contributed by atoms with Gasteiger partial charge in [0.25, 0.3) is 0 Å². The first-order chi connectivity index (χ1) is 13.2. The third kappa shape index (κ3) is 6.42. The van der Waals surface area contributed by atoms with Crippen LogP contribution in [0.4, 0.5) is 0 Å². The first kappa shape index (κ1) is 23.1. The van der Waals surface area contributed by atoms with Crippen molar-refractivity contribution in [3.05, 3.63) is 64.4 Å². The molecule has 0 saturated carbocycles. The van der Waals surface area contributed by atoms with Crippen molar-refractivity contribution in [3.8, 4) is 0 Å². The maximum Gasteiger partial charge on any atom is 0.193 e. The Balaban J connectivity index is 0.00000280. The largest absolute Gasteiger partial charge is 0.356 e. The molecule has 1 aliphatic heterocycles. The smallest absolute Gasteiger partial charge is 0.193 e. The van der Waals surface area contributed by atoms with Gasteiger partial charge in [0.15, 0.2) is 5.96 Å². The highest BCUT2D eigenvalue weighted by molar-refractivity contribution is 14.0. The lowest BCUT2D eigenvalue weighted by molar-refractivity contribution is 0.138. The fourth-order valence-electron chi connectivity index (χ4n) is 3.47. The lowest BCUT2D eigenvalue weighted by Crippen LogP contribution is -2.53. The molecule has 1 atom stereocenters. The van der Waals surface area contributed by atoms with Gasteiger partial charge < -0.3 is 10.2 Å². The first-order valence-electron chi connectivity index (χ1n) is 9.51. The van der Waals surface area contributed by atoms with Crippen LogP contribution in [0.15, 0.2) is 58.3 Å². The highest BCUT2D eigenvalue weighted by Gasteiger charge is 2.23. The Kier molecular flexibility index (Phi) is 9.67. The van der Waals surface area contributed by atoms with Crippen LogP contribution in [0, 0.1) is 0 Å². The molecule has 1 aromatic carbocycles. The maximum atomic E-state index is 4.47. The fourth-order valence-corrected chi connectivity index (χ4v) is 3.73. The van der Waals surface area contributed by atoms with E-state index in [2.05, 4.69) is 78.3 Å². The molecule has 0 bridgehead atoms. The number of nitrogens with one attached hydrogen (secondary N) is 1. The average Bonchev–Trinajstić information content (AvgIpc) is 2.72. The summed E-state index contributed by atoms with van der Waals surface area (Å²) in [7, 11) is 1.86. The molecule has 28 heavy (non-hydrogen) atoms. The molecule has 7 heteroatoms. The van der Waals surface area contributed by atoms with Crippen molar-refractivity contribution in [2.24, 2.45) is 4.99 Å². The molecule has 2 heterocycles. The number of benzene rings is 1. The molecule has 0 spiro atoms. The summed E-state index contributed by atoms with van der Waals surface area (Å²) < 4.78 is 1.13. The minimum Gasteiger partial charge on any atom is -0.356 e. The zero-order valence-electron chi connectivity index (χ0n) is 16.5.